The van der Waals surface area contributed by atoms with Crippen LogP contribution in [-0.2, 0) is 29.9 Å². The first kappa shape index (κ1) is 15.0. The van der Waals surface area contributed by atoms with E-state index in [9.17, 15) is 13.2 Å². The molecule has 2 aromatic rings. The van der Waals surface area contributed by atoms with Crippen LogP contribution in [0.1, 0.15) is 17.7 Å². The Hall–Kier alpha value is -1.92. The van der Waals surface area contributed by atoms with Crippen molar-refractivity contribution < 1.29 is 8.42 Å². The van der Waals surface area contributed by atoms with E-state index in [1.165, 1.54) is 6.07 Å². The van der Waals surface area contributed by atoms with E-state index >= 15 is 0 Å². The summed E-state index contributed by atoms with van der Waals surface area (Å²) < 4.78 is 29.2. The Bertz CT molecular complexity index is 841. The number of hydrogen-bond acceptors (Lipinski definition) is 3. The van der Waals surface area contributed by atoms with Gasteiger partial charge in [0, 0.05) is 24.8 Å². The molecule has 0 bridgehead atoms. The van der Waals surface area contributed by atoms with Crippen molar-refractivity contribution in [3.63, 3.8) is 0 Å². The largest absolute Gasteiger partial charge is 0.315 e. The maximum atomic E-state index is 12.4. The van der Waals surface area contributed by atoms with Gasteiger partial charge < -0.3 is 4.57 Å². The molecule has 3 rings (SSSR count). The van der Waals surface area contributed by atoms with E-state index < -0.39 is 10.0 Å². The van der Waals surface area contributed by atoms with Crippen LogP contribution in [0.25, 0.3) is 0 Å². The van der Waals surface area contributed by atoms with Gasteiger partial charge in [0.25, 0.3) is 0 Å². The highest BCUT2D eigenvalue weighted by atomic mass is 32.2. The van der Waals surface area contributed by atoms with E-state index in [0.717, 1.165) is 11.3 Å². The summed E-state index contributed by atoms with van der Waals surface area (Å²) >= 11 is 0. The summed E-state index contributed by atoms with van der Waals surface area (Å²) in [5.74, 6) is 0. The molecule has 5 nitrogen and oxygen atoms in total. The van der Waals surface area contributed by atoms with E-state index in [4.69, 9.17) is 0 Å². The molecule has 1 aliphatic carbocycles. The summed E-state index contributed by atoms with van der Waals surface area (Å²) in [5, 5.41) is 0. The zero-order valence-corrected chi connectivity index (χ0v) is 13.1. The van der Waals surface area contributed by atoms with E-state index in [2.05, 4.69) is 4.72 Å². The van der Waals surface area contributed by atoms with Gasteiger partial charge in [0.2, 0.25) is 15.6 Å². The summed E-state index contributed by atoms with van der Waals surface area (Å²) in [6.45, 7) is 0. The number of hydrogen-bond donors (Lipinski definition) is 1. The zero-order chi connectivity index (χ0) is 15.7. The molecule has 1 aromatic heterocycles. The second-order valence-electron chi connectivity index (χ2n) is 5.58. The Kier molecular flexibility index (Phi) is 3.88. The molecular formula is C16H18N2O3S. The van der Waals surface area contributed by atoms with Gasteiger partial charge in [-0.25, -0.2) is 13.1 Å². The third-order valence-corrected chi connectivity index (χ3v) is 5.64. The van der Waals surface area contributed by atoms with Crippen LogP contribution < -0.4 is 10.3 Å². The average molecular weight is 318 g/mol. The second kappa shape index (κ2) is 5.70. The Morgan fingerprint density at radius 1 is 1.14 bits per heavy atom. The lowest BCUT2D eigenvalue weighted by molar-refractivity contribution is 0.493. The Morgan fingerprint density at radius 2 is 1.86 bits per heavy atom. The van der Waals surface area contributed by atoms with Crippen LogP contribution in [0, 0.1) is 0 Å². The van der Waals surface area contributed by atoms with Crippen LogP contribution in [0.15, 0.2) is 52.2 Å². The maximum absolute atomic E-state index is 12.4. The van der Waals surface area contributed by atoms with Gasteiger partial charge in [-0.1, -0.05) is 24.3 Å². The van der Waals surface area contributed by atoms with E-state index in [1.54, 1.807) is 48.0 Å². The van der Waals surface area contributed by atoms with E-state index in [-0.39, 0.29) is 16.5 Å². The van der Waals surface area contributed by atoms with Gasteiger partial charge in [0.1, 0.15) is 0 Å². The molecule has 116 valence electrons. The fourth-order valence-electron chi connectivity index (χ4n) is 2.91. The van der Waals surface area contributed by atoms with Crippen LogP contribution in [0.3, 0.4) is 0 Å². The number of pyridine rings is 1. The molecule has 1 atom stereocenters. The fourth-order valence-corrected chi connectivity index (χ4v) is 4.20. The molecule has 1 aliphatic rings. The van der Waals surface area contributed by atoms with Crippen LogP contribution in [-0.4, -0.2) is 19.0 Å². The van der Waals surface area contributed by atoms with Crippen molar-refractivity contribution >= 4 is 10.0 Å². The van der Waals surface area contributed by atoms with E-state index in [0.29, 0.717) is 19.3 Å². The number of aromatic nitrogens is 1. The van der Waals surface area contributed by atoms with Gasteiger partial charge in [0.05, 0.1) is 4.90 Å². The molecule has 1 N–H and O–H groups in total. The molecule has 1 heterocycles. The van der Waals surface area contributed by atoms with Gasteiger partial charge in [-0.15, -0.1) is 0 Å². The highest BCUT2D eigenvalue weighted by Crippen LogP contribution is 2.21. The highest BCUT2D eigenvalue weighted by Gasteiger charge is 2.25. The van der Waals surface area contributed by atoms with Gasteiger partial charge in [-0.3, -0.25) is 4.79 Å². The molecule has 0 spiro atoms. The molecular weight excluding hydrogens is 300 g/mol. The van der Waals surface area contributed by atoms with Gasteiger partial charge in [-0.05, 0) is 37.0 Å². The molecule has 6 heteroatoms. The van der Waals surface area contributed by atoms with Gasteiger partial charge in [-0.2, -0.15) is 0 Å². The molecule has 0 amide bonds. The van der Waals surface area contributed by atoms with Crippen LogP contribution >= 0.6 is 0 Å². The summed E-state index contributed by atoms with van der Waals surface area (Å²) in [4.78, 5) is 11.9. The number of benzene rings is 1. The second-order valence-corrected chi connectivity index (χ2v) is 7.29. The number of sulfonamides is 1. The molecule has 1 unspecified atom stereocenters. The Labute approximate surface area is 129 Å². The summed E-state index contributed by atoms with van der Waals surface area (Å²) in [7, 11) is -1.74. The molecule has 0 radical (unpaired) electrons. The number of rotatable bonds is 3. The molecule has 0 saturated carbocycles. The molecule has 0 saturated heterocycles. The molecule has 0 fully saturated rings. The number of nitrogens with one attached hydrogen (secondary N) is 1. The third kappa shape index (κ3) is 2.84. The quantitative estimate of drug-likeness (QED) is 0.925. The Morgan fingerprint density at radius 3 is 2.59 bits per heavy atom. The lowest BCUT2D eigenvalue weighted by Crippen LogP contribution is -2.40. The smallest absolute Gasteiger partial charge is 0.250 e. The van der Waals surface area contributed by atoms with E-state index in [1.807, 2.05) is 0 Å². The SMILES string of the molecule is Cn1c2c(ccc1=O)CC(NS(=O)(=O)c1ccccc1)CC2. The van der Waals surface area contributed by atoms with Crippen molar-refractivity contribution in [1.29, 1.82) is 0 Å². The molecule has 0 aliphatic heterocycles. The highest BCUT2D eigenvalue weighted by molar-refractivity contribution is 7.89. The molecule has 1 aromatic carbocycles. The number of nitrogens with zero attached hydrogens (tertiary/aromatic N) is 1. The summed E-state index contributed by atoms with van der Waals surface area (Å²) in [6.07, 6.45) is 2.00. The van der Waals surface area contributed by atoms with Crippen molar-refractivity contribution in [2.75, 3.05) is 0 Å². The standard InChI is InChI=1S/C16H18N2O3S/c1-18-15-9-8-13(11-12(15)7-10-16(18)19)17-22(20,21)14-5-3-2-4-6-14/h2-7,10,13,17H,8-9,11H2,1H3. The predicted octanol–water partition coefficient (Wildman–Crippen LogP) is 1.22. The van der Waals surface area contributed by atoms with Gasteiger partial charge in [0.15, 0.2) is 0 Å². The first-order valence-corrected chi connectivity index (χ1v) is 8.71. The van der Waals surface area contributed by atoms with Crippen LogP contribution in [0.2, 0.25) is 0 Å². The van der Waals surface area contributed by atoms with Crippen LogP contribution in [0.5, 0.6) is 0 Å². The van der Waals surface area contributed by atoms with Crippen molar-refractivity contribution in [3.8, 4) is 0 Å². The predicted molar refractivity (Wildman–Crippen MR) is 84.3 cm³/mol. The normalized spacial score (nSPS) is 18.0. The average Bonchev–Trinajstić information content (AvgIpc) is 2.52. The minimum atomic E-state index is -3.50. The fraction of sp³-hybridized carbons (Fsp3) is 0.312. The lowest BCUT2D eigenvalue weighted by atomic mass is 9.92. The van der Waals surface area contributed by atoms with Crippen molar-refractivity contribution in [3.05, 3.63) is 64.1 Å². The third-order valence-electron chi connectivity index (χ3n) is 4.10. The maximum Gasteiger partial charge on any atom is 0.250 e. The topological polar surface area (TPSA) is 68.2 Å². The summed E-state index contributed by atoms with van der Waals surface area (Å²) in [5.41, 5.74) is 2.01. The monoisotopic (exact) mass is 318 g/mol. The first-order valence-electron chi connectivity index (χ1n) is 7.22. The summed E-state index contributed by atoms with van der Waals surface area (Å²) in [6, 6.07) is 11.6. The van der Waals surface area contributed by atoms with Crippen molar-refractivity contribution in [1.82, 2.24) is 9.29 Å². The van der Waals surface area contributed by atoms with Gasteiger partial charge >= 0.3 is 0 Å². The van der Waals surface area contributed by atoms with Crippen molar-refractivity contribution in [2.24, 2.45) is 7.05 Å². The van der Waals surface area contributed by atoms with Crippen molar-refractivity contribution in [2.45, 2.75) is 30.2 Å². The molecule has 22 heavy (non-hydrogen) atoms. The minimum Gasteiger partial charge on any atom is -0.315 e. The first-order chi connectivity index (χ1) is 10.5. The minimum absolute atomic E-state index is 0.0259. The van der Waals surface area contributed by atoms with Crippen LogP contribution in [0.4, 0.5) is 0 Å². The number of fused-ring (bicyclic) bond motifs is 1. The zero-order valence-electron chi connectivity index (χ0n) is 12.3. The Balaban J connectivity index is 1.81. The lowest BCUT2D eigenvalue weighted by Gasteiger charge is -2.26.